The Labute approximate surface area is 258 Å². The second kappa shape index (κ2) is 13.7. The summed E-state index contributed by atoms with van der Waals surface area (Å²) < 4.78 is 0. The standard InChI is InChI=1S/C33H27Cl2N3O3S/c34-25-16-15-24(28(35)19-25)18-29(37-32(40)23-9-2-1-3-10-23)33(41)36-26-12-6-13-27(20-26)42-21-31(39)38-17-7-11-22-8-4-5-14-30(22)38/h1-6,8-10,12-16,18-20H,7,11,17,21H2,(H,36,41)(H,37,40)/b29-18-. The number of thioether (sulfide) groups is 1. The summed E-state index contributed by atoms with van der Waals surface area (Å²) in [5.74, 6) is -0.674. The maximum atomic E-state index is 13.4. The number of hydrogen-bond acceptors (Lipinski definition) is 4. The van der Waals surface area contributed by atoms with Gasteiger partial charge in [-0.05, 0) is 78.6 Å². The van der Waals surface area contributed by atoms with Crippen molar-refractivity contribution in [2.24, 2.45) is 0 Å². The van der Waals surface area contributed by atoms with Crippen LogP contribution in [0.5, 0.6) is 0 Å². The first-order valence-corrected chi connectivity index (χ1v) is 15.1. The lowest BCUT2D eigenvalue weighted by atomic mass is 10.0. The molecule has 0 aromatic heterocycles. The van der Waals surface area contributed by atoms with E-state index in [1.807, 2.05) is 29.2 Å². The van der Waals surface area contributed by atoms with E-state index in [0.29, 0.717) is 33.4 Å². The molecule has 42 heavy (non-hydrogen) atoms. The van der Waals surface area contributed by atoms with Gasteiger partial charge < -0.3 is 15.5 Å². The van der Waals surface area contributed by atoms with Gasteiger partial charge in [0.25, 0.3) is 11.8 Å². The third kappa shape index (κ3) is 7.42. The summed E-state index contributed by atoms with van der Waals surface area (Å²) in [5, 5.41) is 6.35. The van der Waals surface area contributed by atoms with E-state index >= 15 is 0 Å². The van der Waals surface area contributed by atoms with Gasteiger partial charge in [0, 0.05) is 38.4 Å². The molecule has 0 radical (unpaired) electrons. The Bertz CT molecular complexity index is 1660. The predicted molar refractivity (Wildman–Crippen MR) is 171 cm³/mol. The zero-order valence-corrected chi connectivity index (χ0v) is 24.8. The number of halogens is 2. The van der Waals surface area contributed by atoms with Gasteiger partial charge >= 0.3 is 0 Å². The van der Waals surface area contributed by atoms with Crippen molar-refractivity contribution in [1.82, 2.24) is 5.32 Å². The van der Waals surface area contributed by atoms with Crippen LogP contribution in [-0.4, -0.2) is 30.0 Å². The van der Waals surface area contributed by atoms with Crippen LogP contribution in [0.15, 0.2) is 108 Å². The highest BCUT2D eigenvalue weighted by molar-refractivity contribution is 8.00. The Morgan fingerprint density at radius 2 is 1.67 bits per heavy atom. The van der Waals surface area contributed by atoms with E-state index < -0.39 is 11.8 Å². The molecule has 1 heterocycles. The van der Waals surface area contributed by atoms with Crippen molar-refractivity contribution in [3.05, 3.63) is 129 Å². The molecular formula is C33H27Cl2N3O3S. The number of nitrogens with one attached hydrogen (secondary N) is 2. The van der Waals surface area contributed by atoms with Crippen LogP contribution in [0.1, 0.15) is 27.9 Å². The number of hydrogen-bond donors (Lipinski definition) is 2. The molecule has 0 unspecified atom stereocenters. The number of para-hydroxylation sites is 1. The number of amides is 3. The summed E-state index contributed by atoms with van der Waals surface area (Å²) in [7, 11) is 0. The smallest absolute Gasteiger partial charge is 0.272 e. The van der Waals surface area contributed by atoms with Gasteiger partial charge in [-0.2, -0.15) is 0 Å². The second-order valence-corrected chi connectivity index (χ2v) is 11.5. The Kier molecular flexibility index (Phi) is 9.64. The summed E-state index contributed by atoms with van der Waals surface area (Å²) in [4.78, 5) is 42.1. The maximum Gasteiger partial charge on any atom is 0.272 e. The summed E-state index contributed by atoms with van der Waals surface area (Å²) >= 11 is 13.8. The molecule has 0 spiro atoms. The first-order valence-electron chi connectivity index (χ1n) is 13.3. The number of rotatable bonds is 8. The lowest BCUT2D eigenvalue weighted by Gasteiger charge is -2.29. The van der Waals surface area contributed by atoms with Gasteiger partial charge in [-0.3, -0.25) is 14.4 Å². The van der Waals surface area contributed by atoms with E-state index in [1.54, 1.807) is 66.7 Å². The number of aryl methyl sites for hydroxylation is 1. The van der Waals surface area contributed by atoms with Gasteiger partial charge in [0.1, 0.15) is 5.70 Å². The van der Waals surface area contributed by atoms with Crippen molar-refractivity contribution in [3.63, 3.8) is 0 Å². The van der Waals surface area contributed by atoms with Crippen LogP contribution in [0.25, 0.3) is 6.08 Å². The van der Waals surface area contributed by atoms with E-state index in [-0.39, 0.29) is 17.4 Å². The molecule has 0 saturated carbocycles. The zero-order valence-electron chi connectivity index (χ0n) is 22.5. The second-order valence-electron chi connectivity index (χ2n) is 9.59. The Morgan fingerprint density at radius 1 is 0.881 bits per heavy atom. The van der Waals surface area contributed by atoms with Crippen molar-refractivity contribution in [1.29, 1.82) is 0 Å². The molecule has 0 aliphatic carbocycles. The summed E-state index contributed by atoms with van der Waals surface area (Å²) in [6, 6.07) is 28.7. The fourth-order valence-electron chi connectivity index (χ4n) is 4.59. The van der Waals surface area contributed by atoms with Crippen molar-refractivity contribution in [3.8, 4) is 0 Å². The molecule has 212 valence electrons. The van der Waals surface area contributed by atoms with Crippen LogP contribution in [0.2, 0.25) is 10.0 Å². The minimum absolute atomic E-state index is 0.00470. The molecule has 2 N–H and O–H groups in total. The molecule has 9 heteroatoms. The number of carbonyl (C=O) groups excluding carboxylic acids is 3. The van der Waals surface area contributed by atoms with Gasteiger partial charge in [0.15, 0.2) is 0 Å². The predicted octanol–water partition coefficient (Wildman–Crippen LogP) is 7.47. The largest absolute Gasteiger partial charge is 0.321 e. The van der Waals surface area contributed by atoms with Gasteiger partial charge in [-0.1, -0.05) is 71.7 Å². The molecule has 4 aromatic carbocycles. The number of benzene rings is 4. The Hall–Kier alpha value is -4.04. The molecule has 4 aromatic rings. The van der Waals surface area contributed by atoms with Gasteiger partial charge in [0.2, 0.25) is 5.91 Å². The average molecular weight is 617 g/mol. The van der Waals surface area contributed by atoms with Crippen LogP contribution in [0.4, 0.5) is 11.4 Å². The molecule has 1 aliphatic heterocycles. The summed E-state index contributed by atoms with van der Waals surface area (Å²) in [5.41, 5.74) is 3.61. The molecule has 5 rings (SSSR count). The van der Waals surface area contributed by atoms with E-state index in [9.17, 15) is 14.4 Å². The van der Waals surface area contributed by atoms with Gasteiger partial charge in [-0.25, -0.2) is 0 Å². The topological polar surface area (TPSA) is 78.5 Å². The third-order valence-corrected chi connectivity index (χ3v) is 8.20. The Balaban J connectivity index is 1.30. The SMILES string of the molecule is O=C(Nc1cccc(SCC(=O)N2CCCc3ccccc32)c1)/C(=C/c1ccc(Cl)cc1Cl)NC(=O)c1ccccc1. The van der Waals surface area contributed by atoms with Crippen molar-refractivity contribution in [2.45, 2.75) is 17.7 Å². The van der Waals surface area contributed by atoms with Crippen molar-refractivity contribution >= 4 is 70.1 Å². The lowest BCUT2D eigenvalue weighted by molar-refractivity contribution is -0.116. The highest BCUT2D eigenvalue weighted by atomic mass is 35.5. The van der Waals surface area contributed by atoms with E-state index in [1.165, 1.54) is 23.4 Å². The van der Waals surface area contributed by atoms with Gasteiger partial charge in [0.05, 0.1) is 5.75 Å². The molecule has 6 nitrogen and oxygen atoms in total. The van der Waals surface area contributed by atoms with E-state index in [2.05, 4.69) is 16.7 Å². The highest BCUT2D eigenvalue weighted by Crippen LogP contribution is 2.29. The van der Waals surface area contributed by atoms with Crippen molar-refractivity contribution < 1.29 is 14.4 Å². The van der Waals surface area contributed by atoms with Crippen LogP contribution >= 0.6 is 35.0 Å². The minimum Gasteiger partial charge on any atom is -0.321 e. The summed E-state index contributed by atoms with van der Waals surface area (Å²) in [6.07, 6.45) is 3.41. The number of anilines is 2. The number of carbonyl (C=O) groups is 3. The molecule has 0 saturated heterocycles. The monoisotopic (exact) mass is 615 g/mol. The minimum atomic E-state index is -0.534. The summed E-state index contributed by atoms with van der Waals surface area (Å²) in [6.45, 7) is 0.702. The average Bonchev–Trinajstić information content (AvgIpc) is 3.01. The van der Waals surface area contributed by atoms with E-state index in [0.717, 1.165) is 23.4 Å². The van der Waals surface area contributed by atoms with Crippen LogP contribution in [0, 0.1) is 0 Å². The van der Waals surface area contributed by atoms with Crippen LogP contribution < -0.4 is 15.5 Å². The fourth-order valence-corrected chi connectivity index (χ4v) is 5.89. The van der Waals surface area contributed by atoms with Crippen LogP contribution in [0.3, 0.4) is 0 Å². The normalized spacial score (nSPS) is 12.8. The molecule has 0 fully saturated rings. The maximum absolute atomic E-state index is 13.4. The molecule has 0 bridgehead atoms. The third-order valence-electron chi connectivity index (χ3n) is 6.66. The lowest BCUT2D eigenvalue weighted by Crippen LogP contribution is -2.36. The quantitative estimate of drug-likeness (QED) is 0.159. The van der Waals surface area contributed by atoms with Gasteiger partial charge in [-0.15, -0.1) is 11.8 Å². The number of nitrogens with zero attached hydrogens (tertiary/aromatic N) is 1. The number of fused-ring (bicyclic) bond motifs is 1. The first-order chi connectivity index (χ1) is 20.4. The van der Waals surface area contributed by atoms with Crippen LogP contribution in [-0.2, 0) is 16.0 Å². The molecule has 1 aliphatic rings. The molecule has 3 amide bonds. The highest BCUT2D eigenvalue weighted by Gasteiger charge is 2.22. The zero-order chi connectivity index (χ0) is 29.5. The first kappa shape index (κ1) is 29.5. The molecule has 0 atom stereocenters. The molecular weight excluding hydrogens is 589 g/mol. The van der Waals surface area contributed by atoms with E-state index in [4.69, 9.17) is 23.2 Å². The fraction of sp³-hybridized carbons (Fsp3) is 0.121. The Morgan fingerprint density at radius 3 is 2.48 bits per heavy atom. The van der Waals surface area contributed by atoms with Crippen molar-refractivity contribution in [2.75, 3.05) is 22.5 Å².